The second kappa shape index (κ2) is 8.55. The van der Waals surface area contributed by atoms with Gasteiger partial charge in [-0.2, -0.15) is 0 Å². The van der Waals surface area contributed by atoms with E-state index in [0.717, 1.165) is 15.9 Å². The zero-order chi connectivity index (χ0) is 21.0. The van der Waals surface area contributed by atoms with Gasteiger partial charge in [0.15, 0.2) is 0 Å². The number of rotatable bonds is 7. The van der Waals surface area contributed by atoms with Crippen molar-refractivity contribution in [2.45, 2.75) is 11.4 Å². The van der Waals surface area contributed by atoms with Crippen molar-refractivity contribution in [2.24, 2.45) is 0 Å². The molecule has 0 bridgehead atoms. The van der Waals surface area contributed by atoms with E-state index in [-0.39, 0.29) is 22.0 Å². The summed E-state index contributed by atoms with van der Waals surface area (Å²) in [4.78, 5) is 10.9. The van der Waals surface area contributed by atoms with E-state index in [9.17, 15) is 18.3 Å². The maximum atomic E-state index is 13.6. The summed E-state index contributed by atoms with van der Waals surface area (Å²) in [5, 5.41) is 11.1. The summed E-state index contributed by atoms with van der Waals surface area (Å²) in [5.41, 5.74) is 0.746. The van der Waals surface area contributed by atoms with Crippen LogP contribution in [0.5, 0.6) is 5.75 Å². The molecule has 150 valence electrons. The highest BCUT2D eigenvalue weighted by Crippen LogP contribution is 2.35. The molecule has 0 aliphatic carbocycles. The van der Waals surface area contributed by atoms with Crippen molar-refractivity contribution in [3.8, 4) is 5.75 Å². The summed E-state index contributed by atoms with van der Waals surface area (Å²) in [6, 6.07) is 19.1. The Labute approximate surface area is 174 Å². The van der Waals surface area contributed by atoms with Gasteiger partial charge in [0.05, 0.1) is 30.3 Å². The number of halogens is 1. The Balaban J connectivity index is 2.20. The molecule has 6 nitrogen and oxygen atoms in total. The van der Waals surface area contributed by atoms with E-state index in [2.05, 4.69) is 0 Å². The fourth-order valence-corrected chi connectivity index (χ4v) is 4.80. The number of sulfonamides is 1. The molecule has 0 aliphatic heterocycles. The van der Waals surface area contributed by atoms with Crippen molar-refractivity contribution in [1.82, 2.24) is 0 Å². The van der Waals surface area contributed by atoms with Gasteiger partial charge in [-0.05, 0) is 35.4 Å². The first-order valence-corrected chi connectivity index (χ1v) is 10.4. The Morgan fingerprint density at radius 1 is 1.03 bits per heavy atom. The van der Waals surface area contributed by atoms with Crippen molar-refractivity contribution < 1.29 is 23.1 Å². The van der Waals surface area contributed by atoms with E-state index < -0.39 is 16.0 Å². The predicted octanol–water partition coefficient (Wildman–Crippen LogP) is 3.11. The fraction of sp³-hybridized carbons (Fsp3) is 0.0952. The standard InChI is InChI=1S/C21H18ClNO5S/c1-28-19-10-6-5-9-18(19)23(14-15-7-3-2-4-8-15)29(26,27)20-13-16(21(24)25)11-12-17(20)22/h2-13H,14H2,1H3,(H,24,25)/p-1. The maximum Gasteiger partial charge on any atom is 0.266 e. The van der Waals surface area contributed by atoms with Crippen LogP contribution >= 0.6 is 11.6 Å². The van der Waals surface area contributed by atoms with Gasteiger partial charge in [0, 0.05) is 0 Å². The van der Waals surface area contributed by atoms with Crippen LogP contribution in [-0.2, 0) is 16.6 Å². The Kier molecular flexibility index (Phi) is 6.10. The first kappa shape index (κ1) is 20.7. The van der Waals surface area contributed by atoms with Gasteiger partial charge in [0.2, 0.25) is 0 Å². The largest absolute Gasteiger partial charge is 0.545 e. The molecule has 8 heteroatoms. The molecule has 0 aromatic heterocycles. The zero-order valence-electron chi connectivity index (χ0n) is 15.4. The van der Waals surface area contributed by atoms with Crippen LogP contribution in [-0.4, -0.2) is 21.5 Å². The van der Waals surface area contributed by atoms with Crippen LogP contribution in [0, 0.1) is 0 Å². The Morgan fingerprint density at radius 3 is 2.34 bits per heavy atom. The van der Waals surface area contributed by atoms with E-state index in [1.807, 2.05) is 6.07 Å². The van der Waals surface area contributed by atoms with Crippen LogP contribution in [0.15, 0.2) is 77.7 Å². The molecule has 3 rings (SSSR count). The molecular weight excluding hydrogens is 414 g/mol. The minimum absolute atomic E-state index is 0.00454. The lowest BCUT2D eigenvalue weighted by molar-refractivity contribution is -0.255. The van der Waals surface area contributed by atoms with Gasteiger partial charge in [-0.1, -0.05) is 60.1 Å². The number of ether oxygens (including phenoxy) is 1. The van der Waals surface area contributed by atoms with Crippen LogP contribution < -0.4 is 14.1 Å². The SMILES string of the molecule is COc1ccccc1N(Cc1ccccc1)S(=O)(=O)c1cc(C(=O)[O-])ccc1Cl. The topological polar surface area (TPSA) is 86.7 Å². The quantitative estimate of drug-likeness (QED) is 0.574. The molecule has 0 atom stereocenters. The second-order valence-electron chi connectivity index (χ2n) is 6.10. The third-order valence-corrected chi connectivity index (χ3v) is 6.50. The first-order valence-electron chi connectivity index (χ1n) is 8.55. The van der Waals surface area contributed by atoms with E-state index in [1.54, 1.807) is 48.5 Å². The third kappa shape index (κ3) is 4.36. The van der Waals surface area contributed by atoms with Gasteiger partial charge in [0.1, 0.15) is 10.6 Å². The lowest BCUT2D eigenvalue weighted by Gasteiger charge is -2.27. The van der Waals surface area contributed by atoms with Crippen LogP contribution in [0.3, 0.4) is 0 Å². The van der Waals surface area contributed by atoms with Crippen molar-refractivity contribution >= 4 is 33.3 Å². The molecule has 0 radical (unpaired) electrons. The third-order valence-electron chi connectivity index (χ3n) is 4.26. The number of anilines is 1. The summed E-state index contributed by atoms with van der Waals surface area (Å²) in [6.45, 7) is -0.00454. The summed E-state index contributed by atoms with van der Waals surface area (Å²) >= 11 is 6.14. The van der Waals surface area contributed by atoms with Gasteiger partial charge in [-0.25, -0.2) is 8.42 Å². The average molecular weight is 431 g/mol. The van der Waals surface area contributed by atoms with E-state index in [4.69, 9.17) is 16.3 Å². The number of carbonyl (C=O) groups excluding carboxylic acids is 1. The number of hydrogen-bond acceptors (Lipinski definition) is 5. The minimum Gasteiger partial charge on any atom is -0.545 e. The molecule has 3 aromatic carbocycles. The second-order valence-corrected chi connectivity index (χ2v) is 8.34. The van der Waals surface area contributed by atoms with Crippen LogP contribution in [0.2, 0.25) is 5.02 Å². The van der Waals surface area contributed by atoms with Crippen LogP contribution in [0.1, 0.15) is 15.9 Å². The summed E-state index contributed by atoms with van der Waals surface area (Å²) in [6.07, 6.45) is 0. The number of carboxylic acid groups (broad SMARTS) is 1. The first-order chi connectivity index (χ1) is 13.8. The molecule has 0 N–H and O–H groups in total. The number of nitrogens with zero attached hydrogens (tertiary/aromatic N) is 1. The van der Waals surface area contributed by atoms with Crippen molar-refractivity contribution in [3.05, 3.63) is 88.9 Å². The molecule has 0 spiro atoms. The number of carboxylic acids is 1. The zero-order valence-corrected chi connectivity index (χ0v) is 17.0. The van der Waals surface area contributed by atoms with Crippen molar-refractivity contribution in [1.29, 1.82) is 0 Å². The van der Waals surface area contributed by atoms with E-state index >= 15 is 0 Å². The Hall–Kier alpha value is -3.03. The highest BCUT2D eigenvalue weighted by Gasteiger charge is 2.29. The molecule has 0 amide bonds. The highest BCUT2D eigenvalue weighted by atomic mass is 35.5. The fourth-order valence-electron chi connectivity index (χ4n) is 2.83. The van der Waals surface area contributed by atoms with Gasteiger partial charge in [-0.15, -0.1) is 0 Å². The molecule has 29 heavy (non-hydrogen) atoms. The van der Waals surface area contributed by atoms with Gasteiger partial charge in [0.25, 0.3) is 10.0 Å². The highest BCUT2D eigenvalue weighted by molar-refractivity contribution is 7.93. The summed E-state index contributed by atoms with van der Waals surface area (Å²) < 4.78 is 33.6. The van der Waals surface area contributed by atoms with Crippen LogP contribution in [0.4, 0.5) is 5.69 Å². The lowest BCUT2D eigenvalue weighted by atomic mass is 10.2. The average Bonchev–Trinajstić information content (AvgIpc) is 2.72. The number of carbonyl (C=O) groups is 1. The molecule has 0 heterocycles. The Morgan fingerprint density at radius 2 is 1.69 bits per heavy atom. The predicted molar refractivity (Wildman–Crippen MR) is 109 cm³/mol. The maximum absolute atomic E-state index is 13.6. The normalized spacial score (nSPS) is 11.1. The number of hydrogen-bond donors (Lipinski definition) is 0. The molecule has 0 fully saturated rings. The summed E-state index contributed by atoms with van der Waals surface area (Å²) in [5.74, 6) is -1.15. The minimum atomic E-state index is -4.24. The molecule has 0 saturated carbocycles. The number of para-hydroxylation sites is 2. The number of methoxy groups -OCH3 is 1. The van der Waals surface area contributed by atoms with E-state index in [0.29, 0.717) is 11.4 Å². The van der Waals surface area contributed by atoms with Crippen molar-refractivity contribution in [2.75, 3.05) is 11.4 Å². The molecule has 0 aliphatic rings. The number of aromatic carboxylic acids is 1. The lowest BCUT2D eigenvalue weighted by Crippen LogP contribution is -2.31. The smallest absolute Gasteiger partial charge is 0.266 e. The number of benzene rings is 3. The molecule has 3 aromatic rings. The monoisotopic (exact) mass is 430 g/mol. The van der Waals surface area contributed by atoms with E-state index in [1.165, 1.54) is 19.2 Å². The van der Waals surface area contributed by atoms with Gasteiger partial charge >= 0.3 is 0 Å². The van der Waals surface area contributed by atoms with Crippen LogP contribution in [0.25, 0.3) is 0 Å². The van der Waals surface area contributed by atoms with Gasteiger partial charge < -0.3 is 14.6 Å². The van der Waals surface area contributed by atoms with Gasteiger partial charge in [-0.3, -0.25) is 4.31 Å². The molecular formula is C21H17ClNO5S-. The molecule has 0 saturated heterocycles. The summed E-state index contributed by atoms with van der Waals surface area (Å²) in [7, 11) is -2.80. The Bertz CT molecular complexity index is 1130. The molecule has 0 unspecified atom stereocenters. The van der Waals surface area contributed by atoms with Crippen molar-refractivity contribution in [3.63, 3.8) is 0 Å².